The van der Waals surface area contributed by atoms with Crippen LogP contribution in [0.2, 0.25) is 0 Å². The Hall–Kier alpha value is -0.350. The molecule has 1 aromatic rings. The van der Waals surface area contributed by atoms with Crippen molar-refractivity contribution < 1.29 is 0 Å². The smallest absolute Gasteiger partial charge is 0.205 e. The highest BCUT2D eigenvalue weighted by Gasteiger charge is 1.92. The van der Waals surface area contributed by atoms with Crippen LogP contribution in [0.5, 0.6) is 0 Å². The first-order valence-electron chi connectivity index (χ1n) is 2.31. The summed E-state index contributed by atoms with van der Waals surface area (Å²) in [6, 6.07) is 0. The first-order valence-corrected chi connectivity index (χ1v) is 3.12. The number of anilines is 1. The third-order valence-corrected chi connectivity index (χ3v) is 1.60. The molecule has 0 aliphatic heterocycles. The highest BCUT2D eigenvalue weighted by atomic mass is 35.5. The highest BCUT2D eigenvalue weighted by Crippen LogP contribution is 2.11. The van der Waals surface area contributed by atoms with Crippen LogP contribution in [0.1, 0.15) is 5.01 Å². The van der Waals surface area contributed by atoms with E-state index in [2.05, 4.69) is 15.5 Å². The molecule has 5 heteroatoms. The molecule has 0 aliphatic carbocycles. The fraction of sp³-hybridized carbons (Fsp3) is 0.500. The van der Waals surface area contributed by atoms with Gasteiger partial charge in [-0.3, -0.25) is 0 Å². The molecule has 0 radical (unpaired) electrons. The molecule has 0 atom stereocenters. The van der Waals surface area contributed by atoms with Crippen molar-refractivity contribution in [2.75, 3.05) is 12.4 Å². The number of nitrogens with one attached hydrogen (secondary N) is 1. The summed E-state index contributed by atoms with van der Waals surface area (Å²) < 4.78 is 0. The van der Waals surface area contributed by atoms with Crippen molar-refractivity contribution in [3.63, 3.8) is 0 Å². The first-order chi connectivity index (χ1) is 3.83. The third-order valence-electron chi connectivity index (χ3n) is 0.740. The lowest BCUT2D eigenvalue weighted by atomic mass is 10.9. The second-order valence-electron chi connectivity index (χ2n) is 1.38. The quantitative estimate of drug-likeness (QED) is 0.682. The molecule has 0 amide bonds. The molecule has 1 heterocycles. The molecule has 9 heavy (non-hydrogen) atoms. The van der Waals surface area contributed by atoms with Gasteiger partial charge in [-0.05, 0) is 6.92 Å². The van der Waals surface area contributed by atoms with Crippen LogP contribution < -0.4 is 5.32 Å². The van der Waals surface area contributed by atoms with Gasteiger partial charge in [0, 0.05) is 7.05 Å². The molecule has 1 aromatic heterocycles. The molecule has 52 valence electrons. The Bertz CT molecular complexity index is 176. The van der Waals surface area contributed by atoms with E-state index in [1.54, 1.807) is 11.3 Å². The van der Waals surface area contributed by atoms with Gasteiger partial charge in [-0.1, -0.05) is 11.3 Å². The Morgan fingerprint density at radius 1 is 1.44 bits per heavy atom. The van der Waals surface area contributed by atoms with Crippen molar-refractivity contribution in [2.24, 2.45) is 0 Å². The molecular weight excluding hydrogens is 158 g/mol. The van der Waals surface area contributed by atoms with Gasteiger partial charge in [0.25, 0.3) is 0 Å². The lowest BCUT2D eigenvalue weighted by molar-refractivity contribution is 1.05. The van der Waals surface area contributed by atoms with Gasteiger partial charge in [-0.25, -0.2) is 0 Å². The summed E-state index contributed by atoms with van der Waals surface area (Å²) in [5, 5.41) is 12.3. The summed E-state index contributed by atoms with van der Waals surface area (Å²) in [4.78, 5) is 0. The van der Waals surface area contributed by atoms with Gasteiger partial charge in [-0.15, -0.1) is 22.6 Å². The first kappa shape index (κ1) is 8.65. The molecule has 0 unspecified atom stereocenters. The second-order valence-corrected chi connectivity index (χ2v) is 2.56. The molecule has 0 spiro atoms. The fourth-order valence-corrected chi connectivity index (χ4v) is 0.943. The van der Waals surface area contributed by atoms with Gasteiger partial charge in [0.1, 0.15) is 5.01 Å². The molecule has 0 saturated carbocycles. The predicted octanol–water partition coefficient (Wildman–Crippen LogP) is 1.31. The topological polar surface area (TPSA) is 37.8 Å². The summed E-state index contributed by atoms with van der Waals surface area (Å²) >= 11 is 1.55. The van der Waals surface area contributed by atoms with E-state index in [0.717, 1.165) is 10.1 Å². The number of rotatable bonds is 1. The Labute approximate surface area is 63.9 Å². The molecule has 0 fully saturated rings. The van der Waals surface area contributed by atoms with Crippen molar-refractivity contribution in [1.82, 2.24) is 10.2 Å². The van der Waals surface area contributed by atoms with Gasteiger partial charge in [-0.2, -0.15) is 0 Å². The van der Waals surface area contributed by atoms with Gasteiger partial charge < -0.3 is 5.32 Å². The van der Waals surface area contributed by atoms with Crippen LogP contribution in [-0.2, 0) is 0 Å². The van der Waals surface area contributed by atoms with E-state index >= 15 is 0 Å². The molecule has 3 nitrogen and oxygen atoms in total. The van der Waals surface area contributed by atoms with Gasteiger partial charge in [0.05, 0.1) is 0 Å². The van der Waals surface area contributed by atoms with Crippen LogP contribution in [0.3, 0.4) is 0 Å². The Balaban J connectivity index is 0.000000640. The maximum atomic E-state index is 3.79. The van der Waals surface area contributed by atoms with Gasteiger partial charge >= 0.3 is 0 Å². The minimum absolute atomic E-state index is 0. The van der Waals surface area contributed by atoms with Crippen LogP contribution in [0.25, 0.3) is 0 Å². The summed E-state index contributed by atoms with van der Waals surface area (Å²) in [6.45, 7) is 1.93. The van der Waals surface area contributed by atoms with E-state index in [1.165, 1.54) is 0 Å². The summed E-state index contributed by atoms with van der Waals surface area (Å²) in [5.41, 5.74) is 0. The molecule has 1 rings (SSSR count). The fourth-order valence-electron chi connectivity index (χ4n) is 0.398. The predicted molar refractivity (Wildman–Crippen MR) is 41.4 cm³/mol. The van der Waals surface area contributed by atoms with Crippen LogP contribution in [-0.4, -0.2) is 17.2 Å². The zero-order chi connectivity index (χ0) is 5.98. The minimum Gasteiger partial charge on any atom is -0.363 e. The Kier molecular flexibility index (Phi) is 3.49. The summed E-state index contributed by atoms with van der Waals surface area (Å²) in [5.74, 6) is 0. The monoisotopic (exact) mass is 165 g/mol. The minimum atomic E-state index is 0. The van der Waals surface area contributed by atoms with Crippen LogP contribution in [0.4, 0.5) is 5.13 Å². The lowest BCUT2D eigenvalue weighted by Crippen LogP contribution is -1.84. The van der Waals surface area contributed by atoms with E-state index in [9.17, 15) is 0 Å². The number of halogens is 1. The summed E-state index contributed by atoms with van der Waals surface area (Å²) in [6.07, 6.45) is 0. The third kappa shape index (κ3) is 2.15. The number of aryl methyl sites for hydroxylation is 1. The largest absolute Gasteiger partial charge is 0.363 e. The Morgan fingerprint density at radius 3 is 2.33 bits per heavy atom. The molecular formula is C4H8ClN3S. The van der Waals surface area contributed by atoms with Gasteiger partial charge in [0.15, 0.2) is 0 Å². The lowest BCUT2D eigenvalue weighted by Gasteiger charge is -1.82. The van der Waals surface area contributed by atoms with Crippen molar-refractivity contribution in [3.05, 3.63) is 5.01 Å². The molecule has 0 saturated heterocycles. The maximum Gasteiger partial charge on any atom is 0.205 e. The van der Waals surface area contributed by atoms with E-state index in [0.29, 0.717) is 0 Å². The van der Waals surface area contributed by atoms with Crippen LogP contribution in [0.15, 0.2) is 0 Å². The van der Waals surface area contributed by atoms with Crippen molar-refractivity contribution in [1.29, 1.82) is 0 Å². The Morgan fingerprint density at radius 2 is 2.11 bits per heavy atom. The standard InChI is InChI=1S/C4H7N3S.ClH/c1-3-6-7-4(5-2)8-3;/h1-2H3,(H,5,7);1H. The second kappa shape index (κ2) is 3.63. The average molecular weight is 166 g/mol. The van der Waals surface area contributed by atoms with Crippen LogP contribution >= 0.6 is 23.7 Å². The molecule has 0 aliphatic rings. The number of nitrogens with zero attached hydrogens (tertiary/aromatic N) is 2. The van der Waals surface area contributed by atoms with Crippen LogP contribution in [0, 0.1) is 6.92 Å². The molecule has 0 bridgehead atoms. The number of hydrogen-bond donors (Lipinski definition) is 1. The maximum absolute atomic E-state index is 3.79. The summed E-state index contributed by atoms with van der Waals surface area (Å²) in [7, 11) is 1.83. The zero-order valence-corrected chi connectivity index (χ0v) is 6.84. The van der Waals surface area contributed by atoms with E-state index in [1.807, 2.05) is 14.0 Å². The molecule has 1 N–H and O–H groups in total. The van der Waals surface area contributed by atoms with E-state index in [-0.39, 0.29) is 12.4 Å². The number of aromatic nitrogens is 2. The van der Waals surface area contributed by atoms with Gasteiger partial charge in [0.2, 0.25) is 5.13 Å². The van der Waals surface area contributed by atoms with E-state index in [4.69, 9.17) is 0 Å². The zero-order valence-electron chi connectivity index (χ0n) is 5.21. The van der Waals surface area contributed by atoms with E-state index < -0.39 is 0 Å². The normalized spacial score (nSPS) is 8.22. The van der Waals surface area contributed by atoms with Crippen molar-refractivity contribution >= 4 is 28.9 Å². The average Bonchev–Trinajstić information content (AvgIpc) is 2.14. The SMILES string of the molecule is CNc1nnc(C)s1.Cl. The van der Waals surface area contributed by atoms with Crippen molar-refractivity contribution in [2.45, 2.75) is 6.92 Å². The number of hydrogen-bond acceptors (Lipinski definition) is 4. The van der Waals surface area contributed by atoms with Crippen molar-refractivity contribution in [3.8, 4) is 0 Å². The highest BCUT2D eigenvalue weighted by molar-refractivity contribution is 7.15. The molecule has 0 aromatic carbocycles.